The monoisotopic (exact) mass is 227 g/mol. The average molecular weight is 227 g/mol. The SMILES string of the molecule is CNC(=O)C(C)(C)Cn1c(C)c[nH]c1=S. The molecule has 4 nitrogen and oxygen atoms in total. The second-order valence-corrected chi connectivity index (χ2v) is 4.67. The van der Waals surface area contributed by atoms with Gasteiger partial charge in [0.05, 0.1) is 5.41 Å². The molecule has 0 aromatic carbocycles. The van der Waals surface area contributed by atoms with Gasteiger partial charge in [0.2, 0.25) is 5.91 Å². The molecule has 1 aromatic rings. The lowest BCUT2D eigenvalue weighted by molar-refractivity contribution is -0.129. The van der Waals surface area contributed by atoms with Crippen LogP contribution in [-0.4, -0.2) is 22.5 Å². The predicted octanol–water partition coefficient (Wildman–Crippen LogP) is 1.63. The minimum absolute atomic E-state index is 0.0185. The molecule has 2 N–H and O–H groups in total. The lowest BCUT2D eigenvalue weighted by Crippen LogP contribution is -2.38. The Morgan fingerprint density at radius 3 is 2.67 bits per heavy atom. The van der Waals surface area contributed by atoms with E-state index < -0.39 is 5.41 Å². The van der Waals surface area contributed by atoms with Crippen LogP contribution in [0, 0.1) is 17.1 Å². The molecule has 1 amide bonds. The van der Waals surface area contributed by atoms with E-state index in [9.17, 15) is 4.79 Å². The van der Waals surface area contributed by atoms with Crippen molar-refractivity contribution in [1.82, 2.24) is 14.9 Å². The number of aryl methyl sites for hydroxylation is 1. The molecule has 0 fully saturated rings. The van der Waals surface area contributed by atoms with E-state index in [4.69, 9.17) is 12.2 Å². The van der Waals surface area contributed by atoms with Crippen LogP contribution < -0.4 is 5.32 Å². The Balaban J connectivity index is 2.96. The van der Waals surface area contributed by atoms with Crippen LogP contribution in [0.15, 0.2) is 6.20 Å². The smallest absolute Gasteiger partial charge is 0.227 e. The predicted molar refractivity (Wildman–Crippen MR) is 62.2 cm³/mol. The number of hydrogen-bond acceptors (Lipinski definition) is 2. The molecule has 0 spiro atoms. The first-order valence-electron chi connectivity index (χ1n) is 4.85. The number of aromatic amines is 1. The van der Waals surface area contributed by atoms with Crippen molar-refractivity contribution in [2.24, 2.45) is 5.41 Å². The minimum atomic E-state index is -0.458. The minimum Gasteiger partial charge on any atom is -0.359 e. The fourth-order valence-corrected chi connectivity index (χ4v) is 1.75. The fraction of sp³-hybridized carbons (Fsp3) is 0.600. The van der Waals surface area contributed by atoms with E-state index in [2.05, 4.69) is 10.3 Å². The number of H-pyrrole nitrogens is 1. The van der Waals surface area contributed by atoms with Crippen LogP contribution >= 0.6 is 12.2 Å². The third-order valence-electron chi connectivity index (χ3n) is 2.47. The average Bonchev–Trinajstić information content (AvgIpc) is 2.47. The van der Waals surface area contributed by atoms with Crippen molar-refractivity contribution >= 4 is 18.1 Å². The third kappa shape index (κ3) is 2.47. The van der Waals surface area contributed by atoms with Gasteiger partial charge in [-0.3, -0.25) is 4.79 Å². The van der Waals surface area contributed by atoms with Gasteiger partial charge in [0, 0.05) is 25.5 Å². The van der Waals surface area contributed by atoms with E-state index in [1.807, 2.05) is 31.5 Å². The third-order valence-corrected chi connectivity index (χ3v) is 2.81. The molecule has 1 rings (SSSR count). The zero-order chi connectivity index (χ0) is 11.6. The summed E-state index contributed by atoms with van der Waals surface area (Å²) in [7, 11) is 1.65. The summed E-state index contributed by atoms with van der Waals surface area (Å²) < 4.78 is 2.59. The van der Waals surface area contributed by atoms with Crippen LogP contribution in [0.1, 0.15) is 19.5 Å². The van der Waals surface area contributed by atoms with Crippen LogP contribution in [0.25, 0.3) is 0 Å². The quantitative estimate of drug-likeness (QED) is 0.771. The Morgan fingerprint density at radius 2 is 2.27 bits per heavy atom. The van der Waals surface area contributed by atoms with Gasteiger partial charge in [-0.15, -0.1) is 0 Å². The van der Waals surface area contributed by atoms with Crippen LogP contribution in [0.5, 0.6) is 0 Å². The van der Waals surface area contributed by atoms with Gasteiger partial charge in [-0.1, -0.05) is 0 Å². The number of rotatable bonds is 3. The van der Waals surface area contributed by atoms with Gasteiger partial charge in [0.1, 0.15) is 0 Å². The Kier molecular flexibility index (Phi) is 3.34. The summed E-state index contributed by atoms with van der Waals surface area (Å²) in [5.74, 6) is 0.0185. The van der Waals surface area contributed by atoms with E-state index in [1.54, 1.807) is 7.05 Å². The highest BCUT2D eigenvalue weighted by Crippen LogP contribution is 2.19. The van der Waals surface area contributed by atoms with Gasteiger partial charge in [0.15, 0.2) is 4.77 Å². The molecule has 0 aliphatic carbocycles. The van der Waals surface area contributed by atoms with Gasteiger partial charge >= 0.3 is 0 Å². The number of nitrogens with one attached hydrogen (secondary N) is 2. The van der Waals surface area contributed by atoms with Crippen molar-refractivity contribution in [2.45, 2.75) is 27.3 Å². The number of aromatic nitrogens is 2. The Labute approximate surface area is 94.7 Å². The summed E-state index contributed by atoms with van der Waals surface area (Å²) in [6.07, 6.45) is 1.85. The van der Waals surface area contributed by atoms with Crippen molar-refractivity contribution in [3.8, 4) is 0 Å². The van der Waals surface area contributed by atoms with E-state index in [-0.39, 0.29) is 5.91 Å². The zero-order valence-corrected chi connectivity index (χ0v) is 10.4. The molecule has 0 bridgehead atoms. The molecule has 0 saturated carbocycles. The largest absolute Gasteiger partial charge is 0.359 e. The molecular formula is C10H17N3OS. The van der Waals surface area contributed by atoms with E-state index in [0.717, 1.165) is 5.69 Å². The van der Waals surface area contributed by atoms with Gasteiger partial charge in [-0.05, 0) is 33.0 Å². The van der Waals surface area contributed by atoms with Gasteiger partial charge in [-0.2, -0.15) is 0 Å². The molecule has 1 aromatic heterocycles. The van der Waals surface area contributed by atoms with E-state index in [1.165, 1.54) is 0 Å². The van der Waals surface area contributed by atoms with E-state index >= 15 is 0 Å². The molecule has 0 aliphatic heterocycles. The first-order chi connectivity index (χ1) is 6.88. The topological polar surface area (TPSA) is 49.8 Å². The molecule has 0 aliphatic rings. The van der Waals surface area contributed by atoms with Crippen molar-refractivity contribution in [3.05, 3.63) is 16.7 Å². The second kappa shape index (κ2) is 4.18. The molecule has 0 unspecified atom stereocenters. The van der Waals surface area contributed by atoms with E-state index in [0.29, 0.717) is 11.3 Å². The number of carbonyl (C=O) groups excluding carboxylic acids is 1. The lowest BCUT2D eigenvalue weighted by Gasteiger charge is -2.23. The molecule has 84 valence electrons. The Morgan fingerprint density at radius 1 is 1.67 bits per heavy atom. The standard InChI is InChI=1S/C10H17N3OS/c1-7-5-12-9(15)13(7)6-10(2,3)8(14)11-4/h5H,6H2,1-4H3,(H,11,14)(H,12,15). The maximum atomic E-state index is 11.6. The zero-order valence-electron chi connectivity index (χ0n) is 9.55. The van der Waals surface area contributed by atoms with Gasteiger partial charge < -0.3 is 14.9 Å². The molecule has 1 heterocycles. The summed E-state index contributed by atoms with van der Waals surface area (Å²) in [6, 6.07) is 0. The lowest BCUT2D eigenvalue weighted by atomic mass is 9.92. The van der Waals surface area contributed by atoms with Crippen molar-refractivity contribution in [2.75, 3.05) is 7.05 Å². The van der Waals surface area contributed by atoms with Gasteiger partial charge in [0.25, 0.3) is 0 Å². The first kappa shape index (κ1) is 12.0. The molecule has 0 atom stereocenters. The summed E-state index contributed by atoms with van der Waals surface area (Å²) in [4.78, 5) is 14.6. The molecular weight excluding hydrogens is 210 g/mol. The summed E-state index contributed by atoms with van der Waals surface area (Å²) in [5.41, 5.74) is 0.580. The van der Waals surface area contributed by atoms with Crippen molar-refractivity contribution < 1.29 is 4.79 Å². The van der Waals surface area contributed by atoms with Crippen LogP contribution in [0.2, 0.25) is 0 Å². The van der Waals surface area contributed by atoms with Gasteiger partial charge in [-0.25, -0.2) is 0 Å². The van der Waals surface area contributed by atoms with Crippen LogP contribution in [0.4, 0.5) is 0 Å². The summed E-state index contributed by atoms with van der Waals surface area (Å²) in [6.45, 7) is 6.35. The highest BCUT2D eigenvalue weighted by atomic mass is 32.1. The van der Waals surface area contributed by atoms with Crippen LogP contribution in [-0.2, 0) is 11.3 Å². The summed E-state index contributed by atoms with van der Waals surface area (Å²) in [5, 5.41) is 2.66. The normalized spacial score (nSPS) is 11.5. The maximum Gasteiger partial charge on any atom is 0.227 e. The van der Waals surface area contributed by atoms with Crippen LogP contribution in [0.3, 0.4) is 0 Å². The highest BCUT2D eigenvalue weighted by molar-refractivity contribution is 7.71. The Hall–Kier alpha value is -1.10. The maximum absolute atomic E-state index is 11.6. The summed E-state index contributed by atoms with van der Waals surface area (Å²) >= 11 is 5.14. The number of nitrogens with zero attached hydrogens (tertiary/aromatic N) is 1. The number of amides is 1. The molecule has 15 heavy (non-hydrogen) atoms. The highest BCUT2D eigenvalue weighted by Gasteiger charge is 2.27. The van der Waals surface area contributed by atoms with Crippen molar-refractivity contribution in [3.63, 3.8) is 0 Å². The first-order valence-corrected chi connectivity index (χ1v) is 5.26. The fourth-order valence-electron chi connectivity index (χ4n) is 1.48. The Bertz CT molecular complexity index is 417. The molecule has 0 radical (unpaired) electrons. The number of hydrogen-bond donors (Lipinski definition) is 2. The number of carbonyl (C=O) groups is 1. The van der Waals surface area contributed by atoms with Crippen molar-refractivity contribution in [1.29, 1.82) is 0 Å². The molecule has 0 saturated heterocycles. The molecule has 5 heteroatoms. The number of imidazole rings is 1. The second-order valence-electron chi connectivity index (χ2n) is 4.28.